The molecule has 1 saturated heterocycles. The Kier molecular flexibility index (Phi) is 7.22. The van der Waals surface area contributed by atoms with Crippen LogP contribution in [-0.2, 0) is 19.7 Å². The molecule has 3 N–H and O–H groups in total. The Morgan fingerprint density at radius 3 is 2.24 bits per heavy atom. The highest BCUT2D eigenvalue weighted by molar-refractivity contribution is 7.87. The van der Waals surface area contributed by atoms with Gasteiger partial charge in [0.2, 0.25) is 6.41 Å². The predicted molar refractivity (Wildman–Crippen MR) is 92.8 cm³/mol. The van der Waals surface area contributed by atoms with Crippen LogP contribution in [0.4, 0.5) is 4.79 Å². The Morgan fingerprint density at radius 1 is 1.20 bits per heavy atom. The van der Waals surface area contributed by atoms with Gasteiger partial charge in [0.1, 0.15) is 5.60 Å². The Hall–Kier alpha value is -0.940. The molecule has 1 fully saturated rings. The second-order valence-corrected chi connectivity index (χ2v) is 9.67. The van der Waals surface area contributed by atoms with Crippen molar-refractivity contribution in [3.63, 3.8) is 0 Å². The molecule has 10 heteroatoms. The van der Waals surface area contributed by atoms with Crippen LogP contribution in [-0.4, -0.2) is 61.8 Å². The maximum absolute atomic E-state index is 11.8. The highest BCUT2D eigenvalue weighted by Crippen LogP contribution is 2.21. The lowest BCUT2D eigenvalue weighted by molar-refractivity contribution is -0.170. The largest absolute Gasteiger partial charge is 0.444 e. The Balaban J connectivity index is 2.25. The van der Waals surface area contributed by atoms with Gasteiger partial charge in [0, 0.05) is 19.6 Å². The van der Waals surface area contributed by atoms with Crippen molar-refractivity contribution in [2.24, 2.45) is 5.92 Å². The zero-order valence-corrected chi connectivity index (χ0v) is 16.6. The van der Waals surface area contributed by atoms with Gasteiger partial charge < -0.3 is 19.5 Å². The smallest absolute Gasteiger partial charge is 0.410 e. The average Bonchev–Trinajstić information content (AvgIpc) is 2.25. The van der Waals surface area contributed by atoms with Crippen LogP contribution >= 0.6 is 0 Å². The van der Waals surface area contributed by atoms with E-state index in [9.17, 15) is 18.3 Å². The first-order valence-corrected chi connectivity index (χ1v) is 9.76. The first-order chi connectivity index (χ1) is 11.2. The van der Waals surface area contributed by atoms with E-state index in [1.165, 1.54) is 0 Å². The quantitative estimate of drug-likeness (QED) is 0.561. The SMILES string of the molecule is CC(C)(C)OC(=O)N1CC(CCNS(=O)(=O)NC(O)OC(C)(C)C)C1. The minimum Gasteiger partial charge on any atom is -0.444 e. The van der Waals surface area contributed by atoms with Gasteiger partial charge >= 0.3 is 6.09 Å². The summed E-state index contributed by atoms with van der Waals surface area (Å²) in [6.07, 6.45) is -1.39. The number of hydrogen-bond donors (Lipinski definition) is 3. The second-order valence-electron chi connectivity index (χ2n) is 8.14. The van der Waals surface area contributed by atoms with E-state index >= 15 is 0 Å². The third-order valence-electron chi connectivity index (χ3n) is 3.17. The highest BCUT2D eigenvalue weighted by atomic mass is 32.2. The van der Waals surface area contributed by atoms with E-state index < -0.39 is 27.8 Å². The zero-order valence-electron chi connectivity index (χ0n) is 15.8. The first-order valence-electron chi connectivity index (χ1n) is 8.28. The molecule has 0 radical (unpaired) electrons. The summed E-state index contributed by atoms with van der Waals surface area (Å²) in [6, 6.07) is 0. The van der Waals surface area contributed by atoms with Gasteiger partial charge in [-0.1, -0.05) is 0 Å². The van der Waals surface area contributed by atoms with Crippen LogP contribution in [0.1, 0.15) is 48.0 Å². The maximum atomic E-state index is 11.8. The van der Waals surface area contributed by atoms with Gasteiger partial charge in [-0.15, -0.1) is 0 Å². The van der Waals surface area contributed by atoms with Crippen LogP contribution < -0.4 is 9.44 Å². The lowest BCUT2D eigenvalue weighted by Gasteiger charge is -2.39. The lowest BCUT2D eigenvalue weighted by Crippen LogP contribution is -2.52. The van der Waals surface area contributed by atoms with Crippen molar-refractivity contribution in [3.8, 4) is 0 Å². The lowest BCUT2D eigenvalue weighted by atomic mass is 9.97. The molecule has 0 bridgehead atoms. The van der Waals surface area contributed by atoms with Crippen molar-refractivity contribution in [2.75, 3.05) is 19.6 Å². The number of carbonyl (C=O) groups excluding carboxylic acids is 1. The number of ether oxygens (including phenoxy) is 2. The van der Waals surface area contributed by atoms with Gasteiger partial charge in [-0.05, 0) is 53.9 Å². The maximum Gasteiger partial charge on any atom is 0.410 e. The van der Waals surface area contributed by atoms with Crippen LogP contribution in [0.25, 0.3) is 0 Å². The zero-order chi connectivity index (χ0) is 19.5. The Bertz CT molecular complexity index is 547. The first kappa shape index (κ1) is 22.1. The van der Waals surface area contributed by atoms with Crippen LogP contribution in [0.2, 0.25) is 0 Å². The molecule has 0 aromatic heterocycles. The van der Waals surface area contributed by atoms with Gasteiger partial charge in [-0.2, -0.15) is 13.1 Å². The normalized spacial score (nSPS) is 18.0. The fraction of sp³-hybridized carbons (Fsp3) is 0.933. The number of rotatable bonds is 7. The van der Waals surface area contributed by atoms with Crippen molar-refractivity contribution in [2.45, 2.75) is 65.6 Å². The third-order valence-corrected chi connectivity index (χ3v) is 4.27. The van der Waals surface area contributed by atoms with Crippen molar-refractivity contribution < 1.29 is 27.8 Å². The molecule has 25 heavy (non-hydrogen) atoms. The molecule has 0 spiro atoms. The van der Waals surface area contributed by atoms with Gasteiger partial charge in [-0.3, -0.25) is 0 Å². The molecule has 1 amide bonds. The molecule has 1 heterocycles. The summed E-state index contributed by atoms with van der Waals surface area (Å²) in [5.74, 6) is 0.214. The summed E-state index contributed by atoms with van der Waals surface area (Å²) < 4.78 is 38.3. The highest BCUT2D eigenvalue weighted by Gasteiger charge is 2.33. The summed E-state index contributed by atoms with van der Waals surface area (Å²) in [5, 5.41) is 9.56. The molecule has 148 valence electrons. The standard InChI is InChI=1S/C15H31N3O6S/c1-14(2,3)23-12(19)17-25(21,22)16-8-7-11-9-18(10-11)13(20)24-15(4,5)6/h11-12,16-17,19H,7-10H2,1-6H3. The molecule has 1 atom stereocenters. The summed E-state index contributed by atoms with van der Waals surface area (Å²) in [6.45, 7) is 11.8. The molecular formula is C15H31N3O6S. The Labute approximate surface area is 150 Å². The van der Waals surface area contributed by atoms with Crippen molar-refractivity contribution >= 4 is 16.3 Å². The van der Waals surface area contributed by atoms with E-state index in [1.807, 2.05) is 25.5 Å². The number of aliphatic hydroxyl groups is 1. The van der Waals surface area contributed by atoms with Crippen LogP contribution in [0, 0.1) is 5.92 Å². The van der Waals surface area contributed by atoms with Crippen molar-refractivity contribution in [1.29, 1.82) is 0 Å². The topological polar surface area (TPSA) is 117 Å². The minimum absolute atomic E-state index is 0.199. The van der Waals surface area contributed by atoms with E-state index in [0.29, 0.717) is 19.5 Å². The fourth-order valence-corrected chi connectivity index (χ4v) is 2.94. The van der Waals surface area contributed by atoms with Crippen molar-refractivity contribution in [3.05, 3.63) is 0 Å². The average molecular weight is 381 g/mol. The molecule has 0 aromatic carbocycles. The number of carbonyl (C=O) groups is 1. The van der Waals surface area contributed by atoms with Crippen molar-refractivity contribution in [1.82, 2.24) is 14.3 Å². The third kappa shape index (κ3) is 9.36. The molecule has 0 saturated carbocycles. The number of nitrogens with one attached hydrogen (secondary N) is 2. The Morgan fingerprint density at radius 2 is 1.76 bits per heavy atom. The summed E-state index contributed by atoms with van der Waals surface area (Å²) in [4.78, 5) is 13.4. The summed E-state index contributed by atoms with van der Waals surface area (Å²) >= 11 is 0. The number of nitrogens with zero attached hydrogens (tertiary/aromatic N) is 1. The second kappa shape index (κ2) is 8.17. The number of aliphatic hydroxyl groups excluding tert-OH is 1. The van der Waals surface area contributed by atoms with Crippen LogP contribution in [0.5, 0.6) is 0 Å². The molecule has 1 unspecified atom stereocenters. The van der Waals surface area contributed by atoms with Crippen LogP contribution in [0.3, 0.4) is 0 Å². The molecule has 0 aromatic rings. The molecular weight excluding hydrogens is 350 g/mol. The summed E-state index contributed by atoms with van der Waals surface area (Å²) in [7, 11) is -3.87. The molecule has 1 rings (SSSR count). The van der Waals surface area contributed by atoms with Gasteiger partial charge in [-0.25, -0.2) is 9.52 Å². The van der Waals surface area contributed by atoms with Crippen LogP contribution in [0.15, 0.2) is 0 Å². The minimum atomic E-state index is -3.87. The molecule has 9 nitrogen and oxygen atoms in total. The van der Waals surface area contributed by atoms with E-state index in [2.05, 4.69) is 4.72 Å². The van der Waals surface area contributed by atoms with E-state index in [-0.39, 0.29) is 18.6 Å². The number of hydrogen-bond acceptors (Lipinski definition) is 6. The molecule has 1 aliphatic heterocycles. The van der Waals surface area contributed by atoms with Gasteiger partial charge in [0.15, 0.2) is 0 Å². The van der Waals surface area contributed by atoms with Gasteiger partial charge in [0.05, 0.1) is 5.60 Å². The molecule has 1 aliphatic rings. The molecule has 0 aliphatic carbocycles. The van der Waals surface area contributed by atoms with E-state index in [1.54, 1.807) is 25.7 Å². The number of amides is 1. The predicted octanol–water partition coefficient (Wildman–Crippen LogP) is 0.758. The van der Waals surface area contributed by atoms with E-state index in [0.717, 1.165) is 0 Å². The monoisotopic (exact) mass is 381 g/mol. The number of likely N-dealkylation sites (tertiary alicyclic amines) is 1. The van der Waals surface area contributed by atoms with Gasteiger partial charge in [0.25, 0.3) is 10.2 Å². The fourth-order valence-electron chi connectivity index (χ4n) is 2.16. The van der Waals surface area contributed by atoms with E-state index in [4.69, 9.17) is 9.47 Å². The summed E-state index contributed by atoms with van der Waals surface area (Å²) in [5.41, 5.74) is -1.21.